The molecule has 4 atom stereocenters. The zero-order chi connectivity index (χ0) is 22.0. The lowest BCUT2D eigenvalue weighted by atomic mass is 10.1. The van der Waals surface area contributed by atoms with Gasteiger partial charge in [-0.1, -0.05) is 17.2 Å². The lowest BCUT2D eigenvalue weighted by Gasteiger charge is -2.16. The number of fused-ring (bicyclic) bond motifs is 1. The lowest BCUT2D eigenvalue weighted by Crippen LogP contribution is -2.40. The topological polar surface area (TPSA) is 163 Å². The number of nitrogens with zero attached hydrogens (tertiary/aromatic N) is 7. The van der Waals surface area contributed by atoms with Gasteiger partial charge in [0.05, 0.1) is 6.33 Å². The maximum atomic E-state index is 12.1. The average Bonchev–Trinajstić information content (AvgIpc) is 3.34. The Morgan fingerprint density at radius 2 is 2.26 bits per heavy atom. The van der Waals surface area contributed by atoms with Crippen molar-refractivity contribution < 1.29 is 14.6 Å². The molecule has 0 unspecified atom stereocenters. The monoisotopic (exact) mass is 535 g/mol. The number of hydrogen-bond acceptors (Lipinski definition) is 8. The molecule has 1 saturated heterocycles. The van der Waals surface area contributed by atoms with Crippen LogP contribution in [0.3, 0.4) is 0 Å². The van der Waals surface area contributed by atoms with Crippen LogP contribution < -0.4 is 10.6 Å². The fourth-order valence-corrected chi connectivity index (χ4v) is 4.04. The van der Waals surface area contributed by atoms with Crippen LogP contribution in [0, 0.1) is 3.57 Å². The van der Waals surface area contributed by atoms with E-state index in [9.17, 15) is 9.90 Å². The number of imidazole rings is 1. The molecule has 3 aromatic rings. The average molecular weight is 535 g/mol. The number of aromatic nitrogens is 4. The molecule has 4 rings (SSSR count). The van der Waals surface area contributed by atoms with Crippen LogP contribution in [0.15, 0.2) is 42.0 Å². The van der Waals surface area contributed by atoms with Crippen molar-refractivity contribution in [1.82, 2.24) is 24.8 Å². The van der Waals surface area contributed by atoms with Crippen LogP contribution in [0.4, 0.5) is 5.82 Å². The largest absolute Gasteiger partial charge is 0.388 e. The molecule has 0 radical (unpaired) electrons. The fraction of sp³-hybridized carbons (Fsp3) is 0.333. The van der Waals surface area contributed by atoms with E-state index in [1.165, 1.54) is 24.3 Å². The summed E-state index contributed by atoms with van der Waals surface area (Å²) in [6.07, 6.45) is -0.600. The maximum Gasteiger partial charge on any atom is 0.249 e. The predicted octanol–water partition coefficient (Wildman–Crippen LogP) is 1.73. The molecule has 0 aliphatic carbocycles. The molecule has 12 nitrogen and oxygen atoms in total. The van der Waals surface area contributed by atoms with E-state index >= 15 is 0 Å². The SMILES string of the molecule is CNC(=O)[C@H]1O[C@@H](n2cnc3c(NCc4cccc(I)c4)ncnc32)[C@H](O)[C@@H]1N=[N+]=[N-]. The fourth-order valence-electron chi connectivity index (χ4n) is 3.44. The highest BCUT2D eigenvalue weighted by atomic mass is 127. The van der Waals surface area contributed by atoms with Crippen LogP contribution in [-0.2, 0) is 16.1 Å². The third-order valence-corrected chi connectivity index (χ3v) is 5.58. The number of anilines is 1. The third-order valence-electron chi connectivity index (χ3n) is 4.91. The first kappa shape index (κ1) is 21.2. The second-order valence-corrected chi connectivity index (χ2v) is 8.02. The molecule has 1 aliphatic heterocycles. The van der Waals surface area contributed by atoms with Crippen molar-refractivity contribution in [2.45, 2.75) is 31.0 Å². The number of carbonyl (C=O) groups excluding carboxylic acids is 1. The van der Waals surface area contributed by atoms with Gasteiger partial charge in [0.15, 0.2) is 23.2 Å². The Bertz CT molecular complexity index is 1160. The Hall–Kier alpha value is -3.00. The predicted molar refractivity (Wildman–Crippen MR) is 119 cm³/mol. The molecule has 1 amide bonds. The normalized spacial score (nSPS) is 22.8. The molecule has 3 N–H and O–H groups in total. The number of hydrogen-bond donors (Lipinski definition) is 3. The first-order valence-corrected chi connectivity index (χ1v) is 10.4. The Labute approximate surface area is 189 Å². The summed E-state index contributed by atoms with van der Waals surface area (Å²) < 4.78 is 8.37. The number of likely N-dealkylation sites (N-methyl/N-ethyl adjacent to an activating group) is 1. The first-order valence-electron chi connectivity index (χ1n) is 9.28. The summed E-state index contributed by atoms with van der Waals surface area (Å²) in [5.74, 6) is 0.0161. The third kappa shape index (κ3) is 4.12. The van der Waals surface area contributed by atoms with E-state index in [1.807, 2.05) is 18.2 Å². The molecular weight excluding hydrogens is 517 g/mol. The van der Waals surface area contributed by atoms with Gasteiger partial charge in [0.25, 0.3) is 0 Å². The number of ether oxygens (including phenoxy) is 1. The van der Waals surface area contributed by atoms with Crippen LogP contribution in [0.5, 0.6) is 0 Å². The molecule has 0 saturated carbocycles. The number of azide groups is 1. The Morgan fingerprint density at radius 1 is 1.42 bits per heavy atom. The number of carbonyl (C=O) groups is 1. The standard InChI is InChI=1S/C18H18IN9O3/c1-21-17(30)14-11(26-27-20)13(29)18(31-14)28-8-25-12-15(23-7-24-16(12)28)22-6-9-3-2-4-10(19)5-9/h2-5,7-8,11,13-14,18,29H,6H2,1H3,(H,21,30)(H,22,23,24)/t11-,13+,14-,18+/m0/s1. The number of rotatable bonds is 6. The van der Waals surface area contributed by atoms with E-state index in [0.717, 1.165) is 9.13 Å². The molecule has 0 spiro atoms. The van der Waals surface area contributed by atoms with Gasteiger partial charge in [-0.3, -0.25) is 9.36 Å². The minimum absolute atomic E-state index is 0.404. The number of nitrogens with one attached hydrogen (secondary N) is 2. The molecule has 2 aromatic heterocycles. The van der Waals surface area contributed by atoms with E-state index in [-0.39, 0.29) is 0 Å². The highest BCUT2D eigenvalue weighted by Gasteiger charge is 2.48. The van der Waals surface area contributed by atoms with Crippen molar-refractivity contribution in [2.24, 2.45) is 5.11 Å². The Morgan fingerprint density at radius 3 is 3.00 bits per heavy atom. The molecule has 3 heterocycles. The van der Waals surface area contributed by atoms with Crippen molar-refractivity contribution in [3.05, 3.63) is 56.5 Å². The second kappa shape index (κ2) is 9.01. The number of benzene rings is 1. The maximum absolute atomic E-state index is 12.1. The molecule has 1 fully saturated rings. The minimum atomic E-state index is -1.27. The molecule has 13 heteroatoms. The zero-order valence-electron chi connectivity index (χ0n) is 16.3. The summed E-state index contributed by atoms with van der Waals surface area (Å²) in [4.78, 5) is 27.8. The van der Waals surface area contributed by atoms with Crippen LogP contribution in [-0.4, -0.2) is 55.8 Å². The smallest absolute Gasteiger partial charge is 0.249 e. The van der Waals surface area contributed by atoms with Crippen molar-refractivity contribution in [2.75, 3.05) is 12.4 Å². The highest BCUT2D eigenvalue weighted by molar-refractivity contribution is 14.1. The van der Waals surface area contributed by atoms with Gasteiger partial charge in [-0.2, -0.15) is 0 Å². The highest BCUT2D eigenvalue weighted by Crippen LogP contribution is 2.34. The van der Waals surface area contributed by atoms with Crippen molar-refractivity contribution >= 4 is 45.5 Å². The minimum Gasteiger partial charge on any atom is -0.388 e. The van der Waals surface area contributed by atoms with Crippen molar-refractivity contribution in [3.63, 3.8) is 0 Å². The van der Waals surface area contributed by atoms with Crippen LogP contribution in [0.1, 0.15) is 11.8 Å². The van der Waals surface area contributed by atoms with Gasteiger partial charge in [0.2, 0.25) is 5.91 Å². The molecule has 1 aliphatic rings. The van der Waals surface area contributed by atoms with E-state index < -0.39 is 30.4 Å². The van der Waals surface area contributed by atoms with Gasteiger partial charge in [-0.25, -0.2) is 15.0 Å². The van der Waals surface area contributed by atoms with Crippen LogP contribution >= 0.6 is 22.6 Å². The lowest BCUT2D eigenvalue weighted by molar-refractivity contribution is -0.134. The summed E-state index contributed by atoms with van der Waals surface area (Å²) >= 11 is 2.25. The van der Waals surface area contributed by atoms with E-state index in [2.05, 4.69) is 64.3 Å². The summed E-state index contributed by atoms with van der Waals surface area (Å²) in [6.45, 7) is 0.538. The quantitative estimate of drug-likeness (QED) is 0.187. The van der Waals surface area contributed by atoms with E-state index in [0.29, 0.717) is 23.5 Å². The summed E-state index contributed by atoms with van der Waals surface area (Å²) in [5, 5.41) is 19.9. The second-order valence-electron chi connectivity index (χ2n) is 6.78. The number of halogens is 1. The molecule has 0 bridgehead atoms. The summed E-state index contributed by atoms with van der Waals surface area (Å²) in [5.41, 5.74) is 10.8. The van der Waals surface area contributed by atoms with Gasteiger partial charge >= 0.3 is 0 Å². The van der Waals surface area contributed by atoms with E-state index in [1.54, 1.807) is 0 Å². The van der Waals surface area contributed by atoms with E-state index in [4.69, 9.17) is 10.3 Å². The van der Waals surface area contributed by atoms with Crippen LogP contribution in [0.2, 0.25) is 0 Å². The molecule has 31 heavy (non-hydrogen) atoms. The van der Waals surface area contributed by atoms with Crippen LogP contribution in [0.25, 0.3) is 21.6 Å². The zero-order valence-corrected chi connectivity index (χ0v) is 18.4. The van der Waals surface area contributed by atoms with Crippen molar-refractivity contribution in [3.8, 4) is 0 Å². The van der Waals surface area contributed by atoms with Gasteiger partial charge < -0.3 is 20.5 Å². The van der Waals surface area contributed by atoms with Gasteiger partial charge in [-0.15, -0.1) is 0 Å². The van der Waals surface area contributed by atoms with Crippen molar-refractivity contribution in [1.29, 1.82) is 0 Å². The number of aliphatic hydroxyl groups is 1. The first-order chi connectivity index (χ1) is 15.0. The number of amides is 1. The van der Waals surface area contributed by atoms with Gasteiger partial charge in [-0.05, 0) is 45.8 Å². The Kier molecular flexibility index (Phi) is 6.18. The summed E-state index contributed by atoms with van der Waals surface area (Å²) in [7, 11) is 1.43. The molecule has 160 valence electrons. The van der Waals surface area contributed by atoms with Gasteiger partial charge in [0, 0.05) is 22.1 Å². The Balaban J connectivity index is 1.63. The van der Waals surface area contributed by atoms with Gasteiger partial charge in [0.1, 0.15) is 24.6 Å². The number of aliphatic hydroxyl groups excluding tert-OH is 1. The molecular formula is C18H18IN9O3. The summed E-state index contributed by atoms with van der Waals surface area (Å²) in [6, 6.07) is 6.96. The molecule has 1 aromatic carbocycles.